The molecule has 0 radical (unpaired) electrons. The van der Waals surface area contributed by atoms with E-state index in [9.17, 15) is 14.7 Å². The van der Waals surface area contributed by atoms with Gasteiger partial charge in [0, 0.05) is 0 Å². The summed E-state index contributed by atoms with van der Waals surface area (Å²) in [6.07, 6.45) is 2.79. The second-order valence-electron chi connectivity index (χ2n) is 2.87. The molecule has 0 saturated carbocycles. The van der Waals surface area contributed by atoms with E-state index in [-0.39, 0.29) is 11.1 Å². The average Bonchev–Trinajstić information content (AvgIpc) is 2.17. The molecule has 0 spiro atoms. The molecule has 0 atom stereocenters. The highest BCUT2D eigenvalue weighted by Crippen LogP contribution is 2.23. The van der Waals surface area contributed by atoms with Gasteiger partial charge >= 0.3 is 5.97 Å². The van der Waals surface area contributed by atoms with Gasteiger partial charge in [0.1, 0.15) is 11.3 Å². The molecular weight excluding hydrogens is 196 g/mol. The number of benzene rings is 1. The molecule has 0 amide bonds. The first-order valence-corrected chi connectivity index (χ1v) is 4.30. The monoisotopic (exact) mass is 206 g/mol. The SMILES string of the molecule is CC=CC(=O)c1cccc(C(=O)O)c1O. The van der Waals surface area contributed by atoms with Crippen LogP contribution in [0.25, 0.3) is 0 Å². The number of para-hydroxylation sites is 1. The molecular formula is C11H10O4. The Labute approximate surface area is 86.5 Å². The Morgan fingerprint density at radius 2 is 1.87 bits per heavy atom. The molecule has 1 rings (SSSR count). The van der Waals surface area contributed by atoms with Gasteiger partial charge in [0.05, 0.1) is 5.56 Å². The number of phenols is 1. The Bertz CT molecular complexity index is 432. The lowest BCUT2D eigenvalue weighted by Crippen LogP contribution is -2.02. The van der Waals surface area contributed by atoms with Gasteiger partial charge in [-0.25, -0.2) is 4.79 Å². The predicted molar refractivity (Wildman–Crippen MR) is 54.2 cm³/mol. The summed E-state index contributed by atoms with van der Waals surface area (Å²) in [5, 5.41) is 18.2. The fraction of sp³-hybridized carbons (Fsp3) is 0.0909. The highest BCUT2D eigenvalue weighted by Gasteiger charge is 2.15. The standard InChI is InChI=1S/C11H10O4/c1-2-4-9(12)7-5-3-6-8(10(7)13)11(14)15/h2-6,13H,1H3,(H,14,15). The van der Waals surface area contributed by atoms with Crippen molar-refractivity contribution in [3.63, 3.8) is 0 Å². The van der Waals surface area contributed by atoms with Gasteiger partial charge in [-0.05, 0) is 25.1 Å². The van der Waals surface area contributed by atoms with E-state index in [1.165, 1.54) is 30.4 Å². The molecule has 1 aromatic carbocycles. The maximum atomic E-state index is 11.4. The molecule has 0 bridgehead atoms. The lowest BCUT2D eigenvalue weighted by molar-refractivity contribution is 0.0693. The molecule has 4 nitrogen and oxygen atoms in total. The molecule has 0 fully saturated rings. The van der Waals surface area contributed by atoms with Crippen molar-refractivity contribution < 1.29 is 19.8 Å². The van der Waals surface area contributed by atoms with Gasteiger partial charge in [0.25, 0.3) is 0 Å². The highest BCUT2D eigenvalue weighted by molar-refractivity contribution is 6.08. The molecule has 1 aromatic rings. The van der Waals surface area contributed by atoms with Crippen LogP contribution in [0.4, 0.5) is 0 Å². The van der Waals surface area contributed by atoms with Crippen LogP contribution in [0.15, 0.2) is 30.4 Å². The minimum atomic E-state index is -1.26. The number of carbonyl (C=O) groups is 2. The molecule has 0 aliphatic rings. The largest absolute Gasteiger partial charge is 0.506 e. The molecule has 4 heteroatoms. The van der Waals surface area contributed by atoms with Gasteiger partial charge in [-0.15, -0.1) is 0 Å². The van der Waals surface area contributed by atoms with Crippen LogP contribution in [0.2, 0.25) is 0 Å². The summed E-state index contributed by atoms with van der Waals surface area (Å²) in [4.78, 5) is 22.1. The fourth-order valence-electron chi connectivity index (χ4n) is 1.16. The van der Waals surface area contributed by atoms with Crippen molar-refractivity contribution >= 4 is 11.8 Å². The van der Waals surface area contributed by atoms with E-state index in [2.05, 4.69) is 0 Å². The van der Waals surface area contributed by atoms with Gasteiger partial charge in [0.2, 0.25) is 0 Å². The number of hydrogen-bond donors (Lipinski definition) is 2. The van der Waals surface area contributed by atoms with Crippen molar-refractivity contribution in [1.82, 2.24) is 0 Å². The normalized spacial score (nSPS) is 10.5. The van der Waals surface area contributed by atoms with Crippen LogP contribution in [-0.4, -0.2) is 22.0 Å². The zero-order valence-electron chi connectivity index (χ0n) is 8.10. The van der Waals surface area contributed by atoms with E-state index in [4.69, 9.17) is 5.11 Å². The van der Waals surface area contributed by atoms with E-state index in [0.717, 1.165) is 0 Å². The number of carboxylic acid groups (broad SMARTS) is 1. The topological polar surface area (TPSA) is 74.6 Å². The molecule has 0 unspecified atom stereocenters. The van der Waals surface area contributed by atoms with Gasteiger partial charge < -0.3 is 10.2 Å². The Kier molecular flexibility index (Phi) is 3.23. The third kappa shape index (κ3) is 2.22. The lowest BCUT2D eigenvalue weighted by Gasteiger charge is -2.03. The number of allylic oxidation sites excluding steroid dienone is 2. The van der Waals surface area contributed by atoms with Crippen molar-refractivity contribution in [3.05, 3.63) is 41.5 Å². The first-order chi connectivity index (χ1) is 7.07. The number of carbonyl (C=O) groups excluding carboxylic acids is 1. The fourth-order valence-corrected chi connectivity index (χ4v) is 1.16. The third-order valence-electron chi connectivity index (χ3n) is 1.85. The van der Waals surface area contributed by atoms with Crippen LogP contribution < -0.4 is 0 Å². The Balaban J connectivity index is 3.27. The number of ketones is 1. The molecule has 0 saturated heterocycles. The van der Waals surface area contributed by atoms with Crippen molar-refractivity contribution in [3.8, 4) is 5.75 Å². The number of aromatic carboxylic acids is 1. The zero-order chi connectivity index (χ0) is 11.4. The first kappa shape index (κ1) is 11.0. The molecule has 0 aromatic heterocycles. The maximum Gasteiger partial charge on any atom is 0.339 e. The van der Waals surface area contributed by atoms with Crippen LogP contribution in [-0.2, 0) is 0 Å². The minimum absolute atomic E-state index is 0.00648. The zero-order valence-corrected chi connectivity index (χ0v) is 8.10. The van der Waals surface area contributed by atoms with Crippen molar-refractivity contribution in [2.24, 2.45) is 0 Å². The first-order valence-electron chi connectivity index (χ1n) is 4.30. The van der Waals surface area contributed by atoms with Gasteiger partial charge in [0.15, 0.2) is 5.78 Å². The number of rotatable bonds is 3. The van der Waals surface area contributed by atoms with E-state index in [0.29, 0.717) is 0 Å². The van der Waals surface area contributed by atoms with Crippen molar-refractivity contribution in [1.29, 1.82) is 0 Å². The highest BCUT2D eigenvalue weighted by atomic mass is 16.4. The quantitative estimate of drug-likeness (QED) is 0.584. The van der Waals surface area contributed by atoms with E-state index >= 15 is 0 Å². The van der Waals surface area contributed by atoms with Crippen LogP contribution in [0.3, 0.4) is 0 Å². The summed E-state index contributed by atoms with van der Waals surface area (Å²) in [7, 11) is 0. The molecule has 0 aliphatic carbocycles. The summed E-state index contributed by atoms with van der Waals surface area (Å²) in [6, 6.07) is 4.04. The molecule has 15 heavy (non-hydrogen) atoms. The van der Waals surface area contributed by atoms with Gasteiger partial charge in [-0.1, -0.05) is 12.1 Å². The van der Waals surface area contributed by atoms with Crippen LogP contribution in [0.5, 0.6) is 5.75 Å². The van der Waals surface area contributed by atoms with Crippen LogP contribution >= 0.6 is 0 Å². The Hall–Kier alpha value is -2.10. The number of hydrogen-bond acceptors (Lipinski definition) is 3. The minimum Gasteiger partial charge on any atom is -0.506 e. The molecule has 0 heterocycles. The van der Waals surface area contributed by atoms with E-state index in [1.807, 2.05) is 0 Å². The maximum absolute atomic E-state index is 11.4. The number of carboxylic acids is 1. The van der Waals surface area contributed by atoms with Crippen molar-refractivity contribution in [2.45, 2.75) is 6.92 Å². The van der Waals surface area contributed by atoms with E-state index in [1.54, 1.807) is 6.92 Å². The molecule has 0 aliphatic heterocycles. The summed E-state index contributed by atoms with van der Waals surface area (Å²) in [5.41, 5.74) is -0.279. The lowest BCUT2D eigenvalue weighted by atomic mass is 10.0. The second kappa shape index (κ2) is 4.41. The smallest absolute Gasteiger partial charge is 0.339 e. The second-order valence-corrected chi connectivity index (χ2v) is 2.87. The Morgan fingerprint density at radius 1 is 1.27 bits per heavy atom. The Morgan fingerprint density at radius 3 is 2.40 bits per heavy atom. The van der Waals surface area contributed by atoms with Gasteiger partial charge in [-0.2, -0.15) is 0 Å². The van der Waals surface area contributed by atoms with Crippen LogP contribution in [0.1, 0.15) is 27.6 Å². The molecule has 2 N–H and O–H groups in total. The molecule has 78 valence electrons. The van der Waals surface area contributed by atoms with Crippen LogP contribution in [0, 0.1) is 0 Å². The number of aromatic hydroxyl groups is 1. The average molecular weight is 206 g/mol. The summed E-state index contributed by atoms with van der Waals surface area (Å²) < 4.78 is 0. The third-order valence-corrected chi connectivity index (χ3v) is 1.85. The van der Waals surface area contributed by atoms with E-state index < -0.39 is 17.5 Å². The summed E-state index contributed by atoms with van der Waals surface area (Å²) in [6.45, 7) is 1.66. The van der Waals surface area contributed by atoms with Crippen molar-refractivity contribution in [2.75, 3.05) is 0 Å². The summed E-state index contributed by atoms with van der Waals surface area (Å²) >= 11 is 0. The van der Waals surface area contributed by atoms with Gasteiger partial charge in [-0.3, -0.25) is 4.79 Å². The predicted octanol–water partition coefficient (Wildman–Crippen LogP) is 1.85. The summed E-state index contributed by atoms with van der Waals surface area (Å²) in [5.74, 6) is -2.17.